The molecule has 0 spiro atoms. The van der Waals surface area contributed by atoms with Crippen molar-refractivity contribution in [3.63, 3.8) is 0 Å². The number of rotatable bonds is 5. The number of hydrogen-bond acceptors (Lipinski definition) is 1. The van der Waals surface area contributed by atoms with Crippen molar-refractivity contribution < 1.29 is 0 Å². The summed E-state index contributed by atoms with van der Waals surface area (Å²) in [7, 11) is 0. The molecule has 0 fully saturated rings. The molecule has 0 saturated heterocycles. The van der Waals surface area contributed by atoms with Crippen LogP contribution in [0.4, 0.5) is 11.4 Å². The van der Waals surface area contributed by atoms with E-state index in [2.05, 4.69) is 227 Å². The van der Waals surface area contributed by atoms with E-state index in [4.69, 9.17) is 6.58 Å². The highest BCUT2D eigenvalue weighted by Crippen LogP contribution is 2.42. The molecule has 0 atom stereocenters. The number of aryl methyl sites for hydroxylation is 1. The second-order valence-electron chi connectivity index (χ2n) is 15.2. The molecule has 3 heterocycles. The van der Waals surface area contributed by atoms with Gasteiger partial charge in [-0.15, -0.1) is 0 Å². The van der Waals surface area contributed by atoms with Crippen molar-refractivity contribution in [1.82, 2.24) is 9.13 Å². The molecular weight excluding hydrogens is 703 g/mol. The van der Waals surface area contributed by atoms with E-state index >= 15 is 0 Å². The summed E-state index contributed by atoms with van der Waals surface area (Å²) in [4.78, 5) is 2.30. The van der Waals surface area contributed by atoms with Crippen LogP contribution in [-0.4, -0.2) is 9.13 Å². The molecule has 3 heteroatoms. The Morgan fingerprint density at radius 3 is 1.53 bits per heavy atom. The minimum atomic E-state index is 0.960. The van der Waals surface area contributed by atoms with Crippen LogP contribution in [0.5, 0.6) is 0 Å². The molecule has 0 saturated carbocycles. The molecule has 0 unspecified atom stereocenters. The second-order valence-corrected chi connectivity index (χ2v) is 15.2. The smallest absolute Gasteiger partial charge is 0.0541 e. The predicted octanol–water partition coefficient (Wildman–Crippen LogP) is 14.6. The molecule has 0 radical (unpaired) electrons. The summed E-state index contributed by atoms with van der Waals surface area (Å²) in [6, 6.07) is 68.0. The van der Waals surface area contributed by atoms with Crippen LogP contribution in [0.25, 0.3) is 77.3 Å². The minimum Gasteiger partial charge on any atom is -0.317 e. The van der Waals surface area contributed by atoms with Gasteiger partial charge in [0, 0.05) is 50.4 Å². The number of aromatic nitrogens is 2. The largest absolute Gasteiger partial charge is 0.317 e. The van der Waals surface area contributed by atoms with Gasteiger partial charge in [0.05, 0.1) is 27.8 Å². The van der Waals surface area contributed by atoms with Gasteiger partial charge in [-0.25, -0.2) is 0 Å². The van der Waals surface area contributed by atoms with Gasteiger partial charge in [0.2, 0.25) is 0 Å². The van der Waals surface area contributed by atoms with Gasteiger partial charge in [0.25, 0.3) is 0 Å². The molecule has 0 aliphatic carbocycles. The van der Waals surface area contributed by atoms with Gasteiger partial charge in [-0.3, -0.25) is 0 Å². The number of allylic oxidation sites excluding steroid dienone is 4. The first-order chi connectivity index (χ1) is 28.6. The van der Waals surface area contributed by atoms with Crippen LogP contribution in [0.15, 0.2) is 213 Å². The van der Waals surface area contributed by atoms with E-state index in [0.29, 0.717) is 0 Å². The molecule has 58 heavy (non-hydrogen) atoms. The first kappa shape index (κ1) is 33.7. The van der Waals surface area contributed by atoms with Gasteiger partial charge in [0.15, 0.2) is 0 Å². The molecule has 1 aliphatic heterocycles. The van der Waals surface area contributed by atoms with Crippen molar-refractivity contribution in [3.05, 3.63) is 230 Å². The van der Waals surface area contributed by atoms with Gasteiger partial charge in [-0.2, -0.15) is 0 Å². The van der Waals surface area contributed by atoms with Crippen LogP contribution < -0.4 is 4.90 Å². The summed E-state index contributed by atoms with van der Waals surface area (Å²) in [5.74, 6) is 0. The maximum atomic E-state index is 4.75. The van der Waals surface area contributed by atoms with Crippen LogP contribution in [0, 0.1) is 6.92 Å². The summed E-state index contributed by atoms with van der Waals surface area (Å²) < 4.78 is 4.73. The fourth-order valence-corrected chi connectivity index (χ4v) is 8.86. The highest BCUT2D eigenvalue weighted by Gasteiger charge is 2.20. The van der Waals surface area contributed by atoms with Gasteiger partial charge < -0.3 is 14.0 Å². The maximum absolute atomic E-state index is 4.75. The Morgan fingerprint density at radius 1 is 0.414 bits per heavy atom. The van der Waals surface area contributed by atoms with E-state index in [1.54, 1.807) is 0 Å². The summed E-state index contributed by atoms with van der Waals surface area (Å²) >= 11 is 0. The third-order valence-electron chi connectivity index (χ3n) is 11.7. The van der Waals surface area contributed by atoms with Crippen LogP contribution in [0.2, 0.25) is 0 Å². The molecule has 10 aromatic rings. The number of anilines is 2. The lowest BCUT2D eigenvalue weighted by Crippen LogP contribution is -2.12. The van der Waals surface area contributed by atoms with Crippen molar-refractivity contribution in [3.8, 4) is 22.5 Å². The van der Waals surface area contributed by atoms with Crippen molar-refractivity contribution in [2.45, 2.75) is 6.92 Å². The number of para-hydroxylation sites is 4. The van der Waals surface area contributed by atoms with E-state index < -0.39 is 0 Å². The Bertz CT molecular complexity index is 3290. The summed E-state index contributed by atoms with van der Waals surface area (Å²) in [6.07, 6.45) is 6.69. The number of nitrogens with zero attached hydrogens (tertiary/aromatic N) is 3. The summed E-state index contributed by atoms with van der Waals surface area (Å²) in [5, 5.41) is 4.93. The summed E-state index contributed by atoms with van der Waals surface area (Å²) in [6.45, 7) is 6.88. The molecule has 8 aromatic carbocycles. The molecule has 1 aliphatic rings. The number of fused-ring (bicyclic) bond motifs is 7. The van der Waals surface area contributed by atoms with E-state index in [1.165, 1.54) is 54.7 Å². The third-order valence-corrected chi connectivity index (χ3v) is 11.7. The zero-order chi connectivity index (χ0) is 38.7. The maximum Gasteiger partial charge on any atom is 0.0541 e. The molecule has 0 amide bonds. The zero-order valence-electron chi connectivity index (χ0n) is 32.2. The first-order valence-corrected chi connectivity index (χ1v) is 19.9. The highest BCUT2D eigenvalue weighted by atomic mass is 15.1. The molecule has 2 aromatic heterocycles. The van der Waals surface area contributed by atoms with Crippen LogP contribution >= 0.6 is 0 Å². The van der Waals surface area contributed by atoms with E-state index in [1.807, 2.05) is 0 Å². The van der Waals surface area contributed by atoms with Crippen molar-refractivity contribution in [2.24, 2.45) is 0 Å². The number of hydrogen-bond donors (Lipinski definition) is 0. The topological polar surface area (TPSA) is 13.1 Å². The van der Waals surface area contributed by atoms with E-state index in [0.717, 1.165) is 50.6 Å². The van der Waals surface area contributed by atoms with Gasteiger partial charge >= 0.3 is 0 Å². The average Bonchev–Trinajstić information content (AvgIpc) is 3.79. The SMILES string of the molecule is C=C1/C=C(c2ccc3c(c2)c2ccccc2n3-c2ccccc2)\C=C/N(c2ccc(C)cc2)c2ccc(-c3ccc4c(c3)c3ccccc3n4-c3ccccc3)cc21. The van der Waals surface area contributed by atoms with E-state index in [-0.39, 0.29) is 0 Å². The lowest BCUT2D eigenvalue weighted by Gasteiger charge is -2.27. The molecule has 11 rings (SSSR count). The van der Waals surface area contributed by atoms with Gasteiger partial charge in [0.1, 0.15) is 0 Å². The molecule has 274 valence electrons. The lowest BCUT2D eigenvalue weighted by atomic mass is 9.92. The van der Waals surface area contributed by atoms with E-state index in [9.17, 15) is 0 Å². The molecule has 0 N–H and O–H groups in total. The standard InChI is InChI=1S/C55H39N3/c1-37-21-26-43(27-22-37)56-32-31-42(41-25-30-55-50(36-41)47-18-10-12-20-53(47)58(55)45-15-7-4-8-16-45)33-38(2)48-34-39(23-28-51(48)56)40-24-29-54-49(35-40)46-17-9-11-19-52(46)57(54)44-13-5-3-6-14-44/h3-36H,2H2,1H3/b32-31-,42-33+. The minimum absolute atomic E-state index is 0.960. The number of benzene rings is 8. The van der Waals surface area contributed by atoms with Crippen molar-refractivity contribution >= 4 is 66.1 Å². The Kier molecular flexibility index (Phi) is 7.87. The first-order valence-electron chi connectivity index (χ1n) is 19.9. The Hall–Kier alpha value is -7.62. The Balaban J connectivity index is 1.06. The molecule has 0 bridgehead atoms. The fraction of sp³-hybridized carbons (Fsp3) is 0.0182. The predicted molar refractivity (Wildman–Crippen MR) is 246 cm³/mol. The Labute approximate surface area is 338 Å². The average molecular weight is 742 g/mol. The highest BCUT2D eigenvalue weighted by molar-refractivity contribution is 6.12. The lowest BCUT2D eigenvalue weighted by molar-refractivity contribution is 1.18. The van der Waals surface area contributed by atoms with Gasteiger partial charge in [-0.05, 0) is 132 Å². The molecular formula is C55H39N3. The van der Waals surface area contributed by atoms with Crippen LogP contribution in [0.1, 0.15) is 16.7 Å². The van der Waals surface area contributed by atoms with Gasteiger partial charge in [-0.1, -0.05) is 115 Å². The quantitative estimate of drug-likeness (QED) is 0.171. The zero-order valence-corrected chi connectivity index (χ0v) is 32.2. The Morgan fingerprint density at radius 2 is 0.914 bits per heavy atom. The second kappa shape index (κ2) is 13.5. The van der Waals surface area contributed by atoms with Crippen molar-refractivity contribution in [2.75, 3.05) is 4.90 Å². The van der Waals surface area contributed by atoms with Crippen molar-refractivity contribution in [1.29, 1.82) is 0 Å². The van der Waals surface area contributed by atoms with Crippen LogP contribution in [-0.2, 0) is 0 Å². The fourth-order valence-electron chi connectivity index (χ4n) is 8.86. The summed E-state index contributed by atoms with van der Waals surface area (Å²) in [5.41, 5.74) is 17.1. The molecule has 3 nitrogen and oxygen atoms in total. The third kappa shape index (κ3) is 5.51. The van der Waals surface area contributed by atoms with Crippen LogP contribution in [0.3, 0.4) is 0 Å². The monoisotopic (exact) mass is 741 g/mol. The normalized spacial score (nSPS) is 14.4.